The van der Waals surface area contributed by atoms with E-state index in [4.69, 9.17) is 0 Å². The third-order valence-corrected chi connectivity index (χ3v) is 5.74. The van der Waals surface area contributed by atoms with Crippen LogP contribution in [0.15, 0.2) is 18.2 Å². The minimum atomic E-state index is 0.0726. The fourth-order valence-electron chi connectivity index (χ4n) is 4.32. The van der Waals surface area contributed by atoms with Crippen molar-refractivity contribution in [2.24, 2.45) is 0 Å². The third kappa shape index (κ3) is 2.38. The van der Waals surface area contributed by atoms with E-state index in [2.05, 4.69) is 22.3 Å². The first kappa shape index (κ1) is 13.3. The summed E-state index contributed by atoms with van der Waals surface area (Å²) in [6.45, 7) is 3.44. The highest BCUT2D eigenvalue weighted by molar-refractivity contribution is 5.96. The van der Waals surface area contributed by atoms with E-state index in [0.29, 0.717) is 0 Å². The second-order valence-corrected chi connectivity index (χ2v) is 6.98. The van der Waals surface area contributed by atoms with E-state index >= 15 is 0 Å². The first-order valence-electron chi connectivity index (χ1n) is 8.41. The van der Waals surface area contributed by atoms with Gasteiger partial charge in [-0.15, -0.1) is 0 Å². The monoisotopic (exact) mass is 284 g/mol. The number of nitrogens with zero attached hydrogens (tertiary/aromatic N) is 1. The minimum Gasteiger partial charge on any atom is -0.346 e. The zero-order valence-electron chi connectivity index (χ0n) is 12.7. The third-order valence-electron chi connectivity index (χ3n) is 5.74. The zero-order chi connectivity index (χ0) is 14.3. The molecule has 2 bridgehead atoms. The van der Waals surface area contributed by atoms with Crippen molar-refractivity contribution in [3.8, 4) is 0 Å². The number of hydrogen-bond acceptors (Lipinski definition) is 2. The lowest BCUT2D eigenvalue weighted by atomic mass is 9.79. The van der Waals surface area contributed by atoms with Gasteiger partial charge in [0, 0.05) is 30.7 Å². The Kier molecular flexibility index (Phi) is 3.26. The summed E-state index contributed by atoms with van der Waals surface area (Å²) >= 11 is 0. The number of nitrogens with one attached hydrogen (secondary N) is 1. The van der Waals surface area contributed by atoms with Crippen molar-refractivity contribution < 1.29 is 4.79 Å². The lowest BCUT2D eigenvalue weighted by Crippen LogP contribution is -2.61. The van der Waals surface area contributed by atoms with Crippen LogP contribution >= 0.6 is 0 Å². The molecule has 0 unspecified atom stereocenters. The zero-order valence-corrected chi connectivity index (χ0v) is 12.7. The molecule has 4 aliphatic rings. The number of rotatable bonds is 2. The predicted molar refractivity (Wildman–Crippen MR) is 83.6 cm³/mol. The van der Waals surface area contributed by atoms with Crippen molar-refractivity contribution in [2.75, 3.05) is 19.6 Å². The Hall–Kier alpha value is -1.35. The molecular formula is C18H24N2O. The standard InChI is InChI=1S/C18H24N2O/c21-17(19-18-8-11-20(12-9-18)13-10-18)16-7-3-5-14-4-1-2-6-15(14)16/h3,5,7H,1-2,4,6,8-13H2,(H,19,21). The second-order valence-electron chi connectivity index (χ2n) is 6.98. The molecule has 1 N–H and O–H groups in total. The number of fused-ring (bicyclic) bond motifs is 4. The van der Waals surface area contributed by atoms with Crippen LogP contribution in [-0.4, -0.2) is 36.0 Å². The van der Waals surface area contributed by atoms with Gasteiger partial charge in [-0.1, -0.05) is 12.1 Å². The Balaban J connectivity index is 1.58. The maximum atomic E-state index is 12.8. The molecule has 0 radical (unpaired) electrons. The van der Waals surface area contributed by atoms with Crippen LogP contribution in [-0.2, 0) is 12.8 Å². The number of carbonyl (C=O) groups excluding carboxylic acids is 1. The van der Waals surface area contributed by atoms with Gasteiger partial charge in [0.05, 0.1) is 0 Å². The molecule has 3 aliphatic heterocycles. The quantitative estimate of drug-likeness (QED) is 0.905. The van der Waals surface area contributed by atoms with Crippen molar-refractivity contribution in [2.45, 2.75) is 50.5 Å². The van der Waals surface area contributed by atoms with Gasteiger partial charge < -0.3 is 10.2 Å². The summed E-state index contributed by atoms with van der Waals surface area (Å²) in [6.07, 6.45) is 8.04. The molecule has 21 heavy (non-hydrogen) atoms. The predicted octanol–water partition coefficient (Wildman–Crippen LogP) is 2.53. The van der Waals surface area contributed by atoms with Crippen LogP contribution in [0.4, 0.5) is 0 Å². The number of aryl methyl sites for hydroxylation is 1. The Morgan fingerprint density at radius 3 is 2.52 bits per heavy atom. The summed E-state index contributed by atoms with van der Waals surface area (Å²) in [7, 11) is 0. The van der Waals surface area contributed by atoms with Crippen LogP contribution in [0, 0.1) is 0 Å². The van der Waals surface area contributed by atoms with Crippen molar-refractivity contribution in [1.29, 1.82) is 0 Å². The molecule has 1 aliphatic carbocycles. The first-order chi connectivity index (χ1) is 10.3. The molecule has 0 spiro atoms. The normalized spacial score (nSPS) is 30.8. The van der Waals surface area contributed by atoms with Crippen molar-refractivity contribution in [3.63, 3.8) is 0 Å². The van der Waals surface area contributed by atoms with Gasteiger partial charge in [0.1, 0.15) is 0 Å². The van der Waals surface area contributed by atoms with Crippen molar-refractivity contribution in [3.05, 3.63) is 34.9 Å². The van der Waals surface area contributed by atoms with Crippen molar-refractivity contribution >= 4 is 5.91 Å². The van der Waals surface area contributed by atoms with Gasteiger partial charge in [0.15, 0.2) is 0 Å². The molecule has 0 aromatic heterocycles. The van der Waals surface area contributed by atoms with Crippen LogP contribution in [0.2, 0.25) is 0 Å². The summed E-state index contributed by atoms with van der Waals surface area (Å²) in [5, 5.41) is 3.42. The summed E-state index contributed by atoms with van der Waals surface area (Å²) in [5.74, 6) is 0.170. The Morgan fingerprint density at radius 2 is 1.76 bits per heavy atom. The van der Waals surface area contributed by atoms with Crippen LogP contribution in [0.3, 0.4) is 0 Å². The van der Waals surface area contributed by atoms with Gasteiger partial charge in [-0.3, -0.25) is 4.79 Å². The molecule has 0 saturated carbocycles. The van der Waals surface area contributed by atoms with E-state index in [1.165, 1.54) is 24.0 Å². The molecule has 112 valence electrons. The number of benzene rings is 1. The van der Waals surface area contributed by atoms with E-state index in [1.54, 1.807) is 0 Å². The average Bonchev–Trinajstić information content (AvgIpc) is 2.55. The number of carbonyl (C=O) groups is 1. The largest absolute Gasteiger partial charge is 0.346 e. The van der Waals surface area contributed by atoms with E-state index in [9.17, 15) is 4.79 Å². The Bertz CT molecular complexity index is 545. The highest BCUT2D eigenvalue weighted by Gasteiger charge is 2.40. The van der Waals surface area contributed by atoms with E-state index in [0.717, 1.165) is 57.3 Å². The maximum Gasteiger partial charge on any atom is 0.251 e. The summed E-state index contributed by atoms with van der Waals surface area (Å²) in [5.41, 5.74) is 3.72. The van der Waals surface area contributed by atoms with E-state index < -0.39 is 0 Å². The van der Waals surface area contributed by atoms with E-state index in [-0.39, 0.29) is 11.4 Å². The fourth-order valence-corrected chi connectivity index (χ4v) is 4.32. The SMILES string of the molecule is O=C(NC12CCN(CC1)CC2)c1cccc2c1CCCC2. The summed E-state index contributed by atoms with van der Waals surface area (Å²) in [4.78, 5) is 15.4. The topological polar surface area (TPSA) is 32.3 Å². The molecule has 3 fully saturated rings. The molecule has 3 saturated heterocycles. The smallest absolute Gasteiger partial charge is 0.251 e. The summed E-state index contributed by atoms with van der Waals surface area (Å²) in [6, 6.07) is 6.27. The van der Waals surface area contributed by atoms with Crippen LogP contribution in [0.25, 0.3) is 0 Å². The van der Waals surface area contributed by atoms with Gasteiger partial charge in [-0.25, -0.2) is 0 Å². The molecule has 3 heteroatoms. The van der Waals surface area contributed by atoms with Gasteiger partial charge in [0.2, 0.25) is 0 Å². The fraction of sp³-hybridized carbons (Fsp3) is 0.611. The number of hydrogen-bond donors (Lipinski definition) is 1. The van der Waals surface area contributed by atoms with Crippen LogP contribution in [0.5, 0.6) is 0 Å². The molecule has 1 aromatic carbocycles. The Morgan fingerprint density at radius 1 is 1.05 bits per heavy atom. The van der Waals surface area contributed by atoms with Gasteiger partial charge in [0.25, 0.3) is 5.91 Å². The highest BCUT2D eigenvalue weighted by Crippen LogP contribution is 2.32. The highest BCUT2D eigenvalue weighted by atomic mass is 16.1. The first-order valence-corrected chi connectivity index (χ1v) is 8.41. The van der Waals surface area contributed by atoms with Crippen molar-refractivity contribution in [1.82, 2.24) is 10.2 Å². The van der Waals surface area contributed by atoms with E-state index in [1.807, 2.05) is 6.07 Å². The molecule has 1 amide bonds. The van der Waals surface area contributed by atoms with Gasteiger partial charge in [-0.05, 0) is 62.1 Å². The second kappa shape index (κ2) is 5.13. The van der Waals surface area contributed by atoms with Gasteiger partial charge >= 0.3 is 0 Å². The number of amides is 1. The lowest BCUT2D eigenvalue weighted by Gasteiger charge is -2.48. The molecule has 0 atom stereocenters. The average molecular weight is 284 g/mol. The number of piperidine rings is 3. The Labute approximate surface area is 126 Å². The molecule has 3 heterocycles. The maximum absolute atomic E-state index is 12.8. The molecule has 1 aromatic rings. The summed E-state index contributed by atoms with van der Waals surface area (Å²) < 4.78 is 0. The van der Waals surface area contributed by atoms with Gasteiger partial charge in [-0.2, -0.15) is 0 Å². The molecule has 5 rings (SSSR count). The minimum absolute atomic E-state index is 0.0726. The molecule has 3 nitrogen and oxygen atoms in total. The molecular weight excluding hydrogens is 260 g/mol. The van der Waals surface area contributed by atoms with Crippen LogP contribution in [0.1, 0.15) is 53.6 Å². The lowest BCUT2D eigenvalue weighted by molar-refractivity contribution is 0.0515. The van der Waals surface area contributed by atoms with Crippen LogP contribution < -0.4 is 5.32 Å².